The molecule has 23 heavy (non-hydrogen) atoms. The Morgan fingerprint density at radius 2 is 1.83 bits per heavy atom. The summed E-state index contributed by atoms with van der Waals surface area (Å²) in [4.78, 5) is 29.0. The third-order valence-corrected chi connectivity index (χ3v) is 4.74. The Balaban J connectivity index is 2.18. The van der Waals surface area contributed by atoms with Gasteiger partial charge in [0.25, 0.3) is 0 Å². The summed E-state index contributed by atoms with van der Waals surface area (Å²) in [5, 5.41) is 2.10. The fourth-order valence-corrected chi connectivity index (χ4v) is 3.65. The smallest absolute Gasteiger partial charge is 0.310 e. The minimum atomic E-state index is -0.566. The molecular weight excluding hydrogens is 294 g/mol. The molecule has 2 aromatic rings. The van der Waals surface area contributed by atoms with Crippen LogP contribution in [-0.4, -0.2) is 31.1 Å². The van der Waals surface area contributed by atoms with Crippen LogP contribution in [0.2, 0.25) is 0 Å². The second-order valence-electron chi connectivity index (χ2n) is 5.88. The van der Waals surface area contributed by atoms with Crippen LogP contribution < -0.4 is 0 Å². The lowest BCUT2D eigenvalue weighted by molar-refractivity contribution is -0.159. The summed E-state index contributed by atoms with van der Waals surface area (Å²) in [6, 6.07) is 7.95. The number of methoxy groups -OCH3 is 2. The number of pyridine rings is 1. The molecule has 5 heteroatoms. The zero-order valence-corrected chi connectivity index (χ0v) is 13.4. The summed E-state index contributed by atoms with van der Waals surface area (Å²) in [5.74, 6) is -2.08. The minimum absolute atomic E-state index is 0.172. The number of nitrogens with zero attached hydrogens (tertiary/aromatic N) is 1. The molecule has 0 spiro atoms. The average molecular weight is 313 g/mol. The van der Waals surface area contributed by atoms with Gasteiger partial charge in [0, 0.05) is 23.7 Å². The van der Waals surface area contributed by atoms with E-state index in [4.69, 9.17) is 9.47 Å². The summed E-state index contributed by atoms with van der Waals surface area (Å²) >= 11 is 0. The van der Waals surface area contributed by atoms with E-state index in [1.165, 1.54) is 14.2 Å². The molecule has 1 aromatic heterocycles. The van der Waals surface area contributed by atoms with E-state index in [1.807, 2.05) is 37.4 Å². The molecule has 120 valence electrons. The van der Waals surface area contributed by atoms with Crippen LogP contribution in [0.25, 0.3) is 10.8 Å². The van der Waals surface area contributed by atoms with Crippen molar-refractivity contribution in [3.05, 3.63) is 41.7 Å². The monoisotopic (exact) mass is 313 g/mol. The quantitative estimate of drug-likeness (QED) is 0.797. The second kappa shape index (κ2) is 5.99. The molecule has 0 fully saturated rings. The van der Waals surface area contributed by atoms with Crippen LogP contribution in [0, 0.1) is 11.8 Å². The highest BCUT2D eigenvalue weighted by Crippen LogP contribution is 2.42. The number of carbonyl (C=O) groups excluding carboxylic acids is 2. The van der Waals surface area contributed by atoms with E-state index in [1.54, 1.807) is 0 Å². The van der Waals surface area contributed by atoms with Crippen LogP contribution in [0.5, 0.6) is 0 Å². The zero-order chi connectivity index (χ0) is 16.6. The highest BCUT2D eigenvalue weighted by Gasteiger charge is 2.45. The number of benzene rings is 1. The molecule has 5 nitrogen and oxygen atoms in total. The number of hydrogen-bond donors (Lipinski definition) is 0. The first-order valence-electron chi connectivity index (χ1n) is 7.60. The lowest BCUT2D eigenvalue weighted by Crippen LogP contribution is -2.40. The molecular formula is C18H19NO4. The van der Waals surface area contributed by atoms with Gasteiger partial charge in [0.2, 0.25) is 0 Å². The summed E-state index contributed by atoms with van der Waals surface area (Å²) in [6.07, 6.45) is 2.20. The topological polar surface area (TPSA) is 65.5 Å². The van der Waals surface area contributed by atoms with Gasteiger partial charge in [-0.25, -0.2) is 0 Å². The summed E-state index contributed by atoms with van der Waals surface area (Å²) in [5.41, 5.74) is 1.88. The number of hydrogen-bond acceptors (Lipinski definition) is 5. The maximum atomic E-state index is 12.3. The minimum Gasteiger partial charge on any atom is -0.469 e. The molecule has 0 bridgehead atoms. The van der Waals surface area contributed by atoms with Crippen molar-refractivity contribution in [2.75, 3.05) is 14.2 Å². The molecule has 0 radical (unpaired) electrons. The van der Waals surface area contributed by atoms with Crippen molar-refractivity contribution in [1.29, 1.82) is 0 Å². The van der Waals surface area contributed by atoms with E-state index in [0.29, 0.717) is 6.42 Å². The Kier molecular flexibility index (Phi) is 4.03. The molecule has 1 heterocycles. The largest absolute Gasteiger partial charge is 0.469 e. The van der Waals surface area contributed by atoms with E-state index in [2.05, 4.69) is 4.98 Å². The number of esters is 2. The molecule has 1 aliphatic carbocycles. The van der Waals surface area contributed by atoms with E-state index >= 15 is 0 Å². The van der Waals surface area contributed by atoms with Gasteiger partial charge in [-0.2, -0.15) is 0 Å². The molecule has 1 aromatic carbocycles. The Hall–Kier alpha value is -2.43. The first-order valence-corrected chi connectivity index (χ1v) is 7.60. The number of rotatable bonds is 2. The van der Waals surface area contributed by atoms with E-state index in [9.17, 15) is 9.59 Å². The standard InChI is InChI=1S/C18H19NO4/c1-10-15-12-7-5-4-6-11(12)9-19-14(15)8-13(17(20)22-2)16(10)18(21)23-3/h4-7,9-10,13,16H,8H2,1-3H3/t10?,13-,16-/m0/s1. The van der Waals surface area contributed by atoms with Crippen molar-refractivity contribution in [2.24, 2.45) is 11.8 Å². The van der Waals surface area contributed by atoms with Gasteiger partial charge in [-0.15, -0.1) is 0 Å². The van der Waals surface area contributed by atoms with Crippen LogP contribution in [0.3, 0.4) is 0 Å². The SMILES string of the molecule is COC(=O)[C@H]1Cc2ncc3ccccc3c2C(C)[C@@H]1C(=O)OC. The van der Waals surface area contributed by atoms with Crippen molar-refractivity contribution < 1.29 is 19.1 Å². The number of fused-ring (bicyclic) bond motifs is 3. The first-order chi connectivity index (χ1) is 11.1. The number of ether oxygens (including phenoxy) is 2. The van der Waals surface area contributed by atoms with Crippen molar-refractivity contribution in [3.8, 4) is 0 Å². The van der Waals surface area contributed by atoms with Gasteiger partial charge in [0.05, 0.1) is 26.1 Å². The molecule has 0 N–H and O–H groups in total. The van der Waals surface area contributed by atoms with Crippen molar-refractivity contribution in [2.45, 2.75) is 19.3 Å². The summed E-state index contributed by atoms with van der Waals surface area (Å²) < 4.78 is 9.84. The second-order valence-corrected chi connectivity index (χ2v) is 5.88. The normalized spacial score (nSPS) is 23.2. The average Bonchev–Trinajstić information content (AvgIpc) is 2.59. The zero-order valence-electron chi connectivity index (χ0n) is 13.4. The van der Waals surface area contributed by atoms with Gasteiger partial charge in [0.15, 0.2) is 0 Å². The highest BCUT2D eigenvalue weighted by molar-refractivity contribution is 5.89. The van der Waals surface area contributed by atoms with Crippen molar-refractivity contribution in [3.63, 3.8) is 0 Å². The third-order valence-electron chi connectivity index (χ3n) is 4.74. The van der Waals surface area contributed by atoms with Crippen LogP contribution in [-0.2, 0) is 25.5 Å². The van der Waals surface area contributed by atoms with E-state index in [-0.39, 0.29) is 11.9 Å². The molecule has 1 unspecified atom stereocenters. The Bertz CT molecular complexity index is 771. The molecule has 3 atom stereocenters. The van der Waals surface area contributed by atoms with Gasteiger partial charge in [0.1, 0.15) is 0 Å². The molecule has 0 amide bonds. The van der Waals surface area contributed by atoms with Crippen molar-refractivity contribution in [1.82, 2.24) is 4.98 Å². The van der Waals surface area contributed by atoms with Crippen molar-refractivity contribution >= 4 is 22.7 Å². The van der Waals surface area contributed by atoms with E-state index < -0.39 is 17.8 Å². The number of aromatic nitrogens is 1. The summed E-state index contributed by atoms with van der Waals surface area (Å²) in [7, 11) is 2.69. The molecule has 0 saturated heterocycles. The van der Waals surface area contributed by atoms with E-state index in [0.717, 1.165) is 22.0 Å². The molecule has 3 rings (SSSR count). The Labute approximate surface area is 134 Å². The van der Waals surface area contributed by atoms with Gasteiger partial charge < -0.3 is 9.47 Å². The predicted octanol–water partition coefficient (Wildman–Crippen LogP) is 2.47. The lowest BCUT2D eigenvalue weighted by atomic mass is 9.70. The predicted molar refractivity (Wildman–Crippen MR) is 84.9 cm³/mol. The van der Waals surface area contributed by atoms with Crippen LogP contribution in [0.4, 0.5) is 0 Å². The molecule has 0 saturated carbocycles. The third kappa shape index (κ3) is 2.46. The number of carbonyl (C=O) groups is 2. The summed E-state index contributed by atoms with van der Waals surface area (Å²) in [6.45, 7) is 1.95. The first kappa shape index (κ1) is 15.5. The fraction of sp³-hybridized carbons (Fsp3) is 0.389. The van der Waals surface area contributed by atoms with Gasteiger partial charge in [-0.3, -0.25) is 14.6 Å². The fourth-order valence-electron chi connectivity index (χ4n) is 3.65. The lowest BCUT2D eigenvalue weighted by Gasteiger charge is -2.34. The van der Waals surface area contributed by atoms with Crippen LogP contribution in [0.15, 0.2) is 30.5 Å². The molecule has 1 aliphatic rings. The molecule has 0 aliphatic heterocycles. The van der Waals surface area contributed by atoms with Crippen LogP contribution in [0.1, 0.15) is 24.1 Å². The van der Waals surface area contributed by atoms with Gasteiger partial charge >= 0.3 is 11.9 Å². The Morgan fingerprint density at radius 1 is 1.13 bits per heavy atom. The maximum Gasteiger partial charge on any atom is 0.310 e. The van der Waals surface area contributed by atoms with Crippen LogP contribution >= 0.6 is 0 Å². The Morgan fingerprint density at radius 3 is 2.52 bits per heavy atom. The highest BCUT2D eigenvalue weighted by atomic mass is 16.5. The van der Waals surface area contributed by atoms with Gasteiger partial charge in [-0.1, -0.05) is 31.2 Å². The van der Waals surface area contributed by atoms with Gasteiger partial charge in [-0.05, 0) is 16.9 Å². The maximum absolute atomic E-state index is 12.3.